The van der Waals surface area contributed by atoms with E-state index in [0.29, 0.717) is 6.54 Å². The van der Waals surface area contributed by atoms with Crippen molar-refractivity contribution in [2.75, 3.05) is 6.54 Å². The molecule has 3 rings (SSSR count). The van der Waals surface area contributed by atoms with E-state index in [2.05, 4.69) is 16.0 Å². The first-order chi connectivity index (χ1) is 21.8. The zero-order chi connectivity index (χ0) is 33.7. The summed E-state index contributed by atoms with van der Waals surface area (Å²) in [6.45, 7) is 10.9. The van der Waals surface area contributed by atoms with Crippen molar-refractivity contribution >= 4 is 24.1 Å². The van der Waals surface area contributed by atoms with Gasteiger partial charge in [-0.05, 0) is 94.3 Å². The van der Waals surface area contributed by atoms with Crippen LogP contribution in [0.1, 0.15) is 61.9 Å². The molecule has 0 heterocycles. The lowest BCUT2D eigenvalue weighted by Gasteiger charge is -2.25. The van der Waals surface area contributed by atoms with Crippen molar-refractivity contribution in [3.8, 4) is 5.75 Å². The molecule has 0 aliphatic heterocycles. The largest absolute Gasteiger partial charge is 0.514 e. The van der Waals surface area contributed by atoms with Crippen LogP contribution in [0.2, 0.25) is 0 Å². The van der Waals surface area contributed by atoms with Crippen LogP contribution in [0.4, 0.5) is 9.59 Å². The molecule has 0 unspecified atom stereocenters. The lowest BCUT2D eigenvalue weighted by molar-refractivity contribution is -0.129. The number of ether oxygens (including phenoxy) is 3. The van der Waals surface area contributed by atoms with Gasteiger partial charge < -0.3 is 30.2 Å². The molecule has 3 amide bonds. The zero-order valence-corrected chi connectivity index (χ0v) is 27.5. The summed E-state index contributed by atoms with van der Waals surface area (Å²) in [4.78, 5) is 51.2. The molecular formula is C36H45N3O7. The summed E-state index contributed by atoms with van der Waals surface area (Å²) in [6, 6.07) is 20.7. The van der Waals surface area contributed by atoms with Gasteiger partial charge >= 0.3 is 12.2 Å². The first-order valence-electron chi connectivity index (χ1n) is 15.4. The molecule has 3 N–H and O–H groups in total. The number of hydrogen-bond donors (Lipinski definition) is 3. The third-order valence-electron chi connectivity index (χ3n) is 7.02. The second-order valence-electron chi connectivity index (χ2n) is 12.2. The summed E-state index contributed by atoms with van der Waals surface area (Å²) in [5.74, 6) is -0.581. The van der Waals surface area contributed by atoms with Crippen molar-refractivity contribution in [3.63, 3.8) is 0 Å². The van der Waals surface area contributed by atoms with E-state index >= 15 is 0 Å². The van der Waals surface area contributed by atoms with Gasteiger partial charge in [0.25, 0.3) is 0 Å². The minimum atomic E-state index is -1.05. The normalized spacial score (nSPS) is 12.3. The fraction of sp³-hybridized carbons (Fsp3) is 0.389. The molecule has 0 spiro atoms. The maximum Gasteiger partial charge on any atom is 0.514 e. The summed E-state index contributed by atoms with van der Waals surface area (Å²) < 4.78 is 16.0. The molecule has 3 aromatic rings. The molecule has 0 aliphatic rings. The monoisotopic (exact) mass is 631 g/mol. The Labute approximate surface area is 271 Å². The van der Waals surface area contributed by atoms with E-state index in [4.69, 9.17) is 14.2 Å². The highest BCUT2D eigenvalue weighted by atomic mass is 16.7. The standard InChI is InChI=1S/C36H45N3O7/c1-24-20-29(45-35(43)44-23-28-16-11-8-12-17-28)21-25(2)30(24)22-31(39-34(42)46-36(4,5)6)33(41)38-26(3)32(40)37-19-13-18-27-14-9-7-10-15-27/h7-12,14-17,20-21,26,31H,13,18-19,22-23H2,1-6H3,(H,37,40)(H,38,41)(H,39,42)/t26-,31+/m1/s1. The molecule has 3 aromatic carbocycles. The van der Waals surface area contributed by atoms with Gasteiger partial charge in [-0.2, -0.15) is 0 Å². The lowest BCUT2D eigenvalue weighted by Crippen LogP contribution is -2.54. The number of alkyl carbamates (subject to hydrolysis) is 1. The van der Waals surface area contributed by atoms with Crippen molar-refractivity contribution in [3.05, 3.63) is 101 Å². The summed E-state index contributed by atoms with van der Waals surface area (Å²) in [7, 11) is 0. The van der Waals surface area contributed by atoms with E-state index in [0.717, 1.165) is 35.1 Å². The molecule has 0 saturated carbocycles. The van der Waals surface area contributed by atoms with E-state index in [-0.39, 0.29) is 24.7 Å². The first kappa shape index (κ1) is 35.6. The van der Waals surface area contributed by atoms with Crippen LogP contribution in [0.15, 0.2) is 72.8 Å². The number of amides is 3. The zero-order valence-electron chi connectivity index (χ0n) is 27.5. The second kappa shape index (κ2) is 17.0. The quantitative estimate of drug-likeness (QED) is 0.125. The molecular weight excluding hydrogens is 586 g/mol. The van der Waals surface area contributed by atoms with Crippen LogP contribution in [-0.2, 0) is 38.5 Å². The average Bonchev–Trinajstić information content (AvgIpc) is 2.99. The highest BCUT2D eigenvalue weighted by molar-refractivity contribution is 5.91. The van der Waals surface area contributed by atoms with Crippen molar-refractivity contribution in [2.24, 2.45) is 0 Å². The highest BCUT2D eigenvalue weighted by Crippen LogP contribution is 2.24. The van der Waals surface area contributed by atoms with E-state index < -0.39 is 35.8 Å². The Kier molecular flexibility index (Phi) is 13.2. The van der Waals surface area contributed by atoms with E-state index in [1.54, 1.807) is 39.8 Å². The van der Waals surface area contributed by atoms with Crippen LogP contribution in [0.5, 0.6) is 5.75 Å². The Bertz CT molecular complexity index is 1450. The maximum atomic E-state index is 13.5. The number of carbonyl (C=O) groups excluding carboxylic acids is 4. The average molecular weight is 632 g/mol. The van der Waals surface area contributed by atoms with Gasteiger partial charge in [0.1, 0.15) is 30.0 Å². The van der Waals surface area contributed by atoms with Crippen molar-refractivity contribution in [1.29, 1.82) is 0 Å². The minimum absolute atomic E-state index is 0.0764. The fourth-order valence-electron chi connectivity index (χ4n) is 4.72. The third-order valence-corrected chi connectivity index (χ3v) is 7.02. The molecule has 0 bridgehead atoms. The van der Waals surface area contributed by atoms with Gasteiger partial charge in [0.2, 0.25) is 11.8 Å². The maximum absolute atomic E-state index is 13.5. The van der Waals surface area contributed by atoms with Gasteiger partial charge in [-0.1, -0.05) is 60.7 Å². The Morgan fingerprint density at radius 3 is 1.98 bits per heavy atom. The number of carbonyl (C=O) groups is 4. The van der Waals surface area contributed by atoms with Crippen LogP contribution >= 0.6 is 0 Å². The number of benzene rings is 3. The van der Waals surface area contributed by atoms with Crippen molar-refractivity contribution < 1.29 is 33.4 Å². The Hall–Kier alpha value is -4.86. The van der Waals surface area contributed by atoms with Crippen LogP contribution in [0, 0.1) is 13.8 Å². The lowest BCUT2D eigenvalue weighted by atomic mass is 9.95. The summed E-state index contributed by atoms with van der Waals surface area (Å²) in [5, 5.41) is 8.24. The van der Waals surface area contributed by atoms with Gasteiger partial charge in [-0.25, -0.2) is 9.59 Å². The molecule has 246 valence electrons. The Morgan fingerprint density at radius 2 is 1.39 bits per heavy atom. The highest BCUT2D eigenvalue weighted by Gasteiger charge is 2.28. The van der Waals surface area contributed by atoms with E-state index in [1.165, 1.54) is 5.56 Å². The predicted molar refractivity (Wildman–Crippen MR) is 175 cm³/mol. The predicted octanol–water partition coefficient (Wildman–Crippen LogP) is 5.71. The molecule has 0 fully saturated rings. The van der Waals surface area contributed by atoms with Crippen LogP contribution in [0.3, 0.4) is 0 Å². The molecule has 0 radical (unpaired) electrons. The third kappa shape index (κ3) is 12.3. The first-order valence-corrected chi connectivity index (χ1v) is 15.4. The fourth-order valence-corrected chi connectivity index (χ4v) is 4.72. The molecule has 0 aliphatic carbocycles. The topological polar surface area (TPSA) is 132 Å². The number of nitrogens with one attached hydrogen (secondary N) is 3. The molecule has 0 aromatic heterocycles. The van der Waals surface area contributed by atoms with E-state index in [1.807, 2.05) is 74.5 Å². The van der Waals surface area contributed by atoms with Gasteiger partial charge in [0, 0.05) is 13.0 Å². The summed E-state index contributed by atoms with van der Waals surface area (Å²) >= 11 is 0. The molecule has 0 saturated heterocycles. The van der Waals surface area contributed by atoms with Gasteiger partial charge in [-0.15, -0.1) is 0 Å². The number of aryl methyl sites for hydroxylation is 3. The van der Waals surface area contributed by atoms with Gasteiger partial charge in [0.15, 0.2) is 0 Å². The molecule has 10 heteroatoms. The van der Waals surface area contributed by atoms with E-state index in [9.17, 15) is 19.2 Å². The second-order valence-corrected chi connectivity index (χ2v) is 12.2. The summed E-state index contributed by atoms with van der Waals surface area (Å²) in [5.41, 5.74) is 3.47. The smallest absolute Gasteiger partial charge is 0.444 e. The van der Waals surface area contributed by atoms with Crippen LogP contribution in [0.25, 0.3) is 0 Å². The molecule has 46 heavy (non-hydrogen) atoms. The van der Waals surface area contributed by atoms with Gasteiger partial charge in [-0.3, -0.25) is 9.59 Å². The SMILES string of the molecule is Cc1cc(OC(=O)OCc2ccccc2)cc(C)c1C[C@H](NC(=O)OC(C)(C)C)C(=O)N[C@H](C)C(=O)NCCCc1ccccc1. The van der Waals surface area contributed by atoms with Crippen molar-refractivity contribution in [1.82, 2.24) is 16.0 Å². The van der Waals surface area contributed by atoms with Crippen LogP contribution in [-0.4, -0.2) is 48.3 Å². The summed E-state index contributed by atoms with van der Waals surface area (Å²) in [6.07, 6.45) is 0.0738. The van der Waals surface area contributed by atoms with Crippen LogP contribution < -0.4 is 20.7 Å². The number of rotatable bonds is 13. The minimum Gasteiger partial charge on any atom is -0.444 e. The number of hydrogen-bond acceptors (Lipinski definition) is 7. The van der Waals surface area contributed by atoms with Gasteiger partial charge in [0.05, 0.1) is 0 Å². The molecule has 10 nitrogen and oxygen atoms in total. The molecule has 2 atom stereocenters. The Morgan fingerprint density at radius 1 is 0.804 bits per heavy atom. The van der Waals surface area contributed by atoms with Crippen molar-refractivity contribution in [2.45, 2.75) is 85.1 Å². The Balaban J connectivity index is 1.64.